The van der Waals surface area contributed by atoms with Crippen molar-refractivity contribution in [1.82, 2.24) is 0 Å². The monoisotopic (exact) mass is 153 g/mol. The van der Waals surface area contributed by atoms with Gasteiger partial charge in [0, 0.05) is 0 Å². The molecule has 0 radical (unpaired) electrons. The second-order valence-electron chi connectivity index (χ2n) is 2.67. The Morgan fingerprint density at radius 2 is 1.89 bits per heavy atom. The van der Waals surface area contributed by atoms with Crippen molar-refractivity contribution >= 4 is 7.82 Å². The van der Waals surface area contributed by atoms with Gasteiger partial charge in [-0.2, -0.15) is 0 Å². The Kier molecular flexibility index (Phi) is 2.41. The molecule has 9 heavy (non-hydrogen) atoms. The second kappa shape index (κ2) is 2.39. The van der Waals surface area contributed by atoms with E-state index in [1.807, 2.05) is 0 Å². The number of phosphoric acid groups is 1. The fraction of sp³-hybridized carbons (Fsp3) is 1.00. The lowest BCUT2D eigenvalue weighted by Gasteiger charge is -2.26. The molecule has 0 aliphatic carbocycles. The average Bonchev–Trinajstić information content (AvgIpc) is 1.14. The Bertz CT molecular complexity index is 130. The van der Waals surface area contributed by atoms with Crippen LogP contribution in [0.5, 0.6) is 0 Å². The number of hydrogen-bond donors (Lipinski definition) is 1. The molecule has 0 saturated heterocycles. The molecule has 5 heteroatoms. The molecule has 4 nitrogen and oxygen atoms in total. The molecule has 0 saturated carbocycles. The van der Waals surface area contributed by atoms with E-state index in [4.69, 9.17) is 4.89 Å². The van der Waals surface area contributed by atoms with Crippen LogP contribution in [0.1, 0.15) is 20.8 Å². The van der Waals surface area contributed by atoms with Crippen LogP contribution >= 0.6 is 7.82 Å². The summed E-state index contributed by atoms with van der Waals surface area (Å²) >= 11 is 0. The molecular formula is C4H10O4P-. The Labute approximate surface area is 54.1 Å². The van der Waals surface area contributed by atoms with Gasteiger partial charge in [-0.05, 0) is 20.8 Å². The summed E-state index contributed by atoms with van der Waals surface area (Å²) in [6.07, 6.45) is 0. The van der Waals surface area contributed by atoms with E-state index in [2.05, 4.69) is 4.52 Å². The van der Waals surface area contributed by atoms with Gasteiger partial charge in [-0.25, -0.2) is 0 Å². The topological polar surface area (TPSA) is 69.6 Å². The summed E-state index contributed by atoms with van der Waals surface area (Å²) in [5, 5.41) is 0. The summed E-state index contributed by atoms with van der Waals surface area (Å²) in [4.78, 5) is 18.1. The average molecular weight is 153 g/mol. The van der Waals surface area contributed by atoms with E-state index >= 15 is 0 Å². The summed E-state index contributed by atoms with van der Waals surface area (Å²) < 4.78 is 14.2. The van der Waals surface area contributed by atoms with E-state index in [1.54, 1.807) is 0 Å². The zero-order valence-corrected chi connectivity index (χ0v) is 6.51. The van der Waals surface area contributed by atoms with Crippen LogP contribution in [0, 0.1) is 0 Å². The molecule has 56 valence electrons. The lowest BCUT2D eigenvalue weighted by Crippen LogP contribution is -2.20. The van der Waals surface area contributed by atoms with Crippen LogP contribution in [0.3, 0.4) is 0 Å². The minimum absolute atomic E-state index is 0.841. The van der Waals surface area contributed by atoms with Crippen LogP contribution in [0.4, 0.5) is 0 Å². The predicted octanol–water partition coefficient (Wildman–Crippen LogP) is 0.262. The van der Waals surface area contributed by atoms with Crippen LogP contribution in [0.25, 0.3) is 0 Å². The normalized spacial score (nSPS) is 19.2. The summed E-state index contributed by atoms with van der Waals surface area (Å²) in [5.41, 5.74) is -0.841. The van der Waals surface area contributed by atoms with Crippen LogP contribution in [-0.2, 0) is 9.09 Å². The summed E-state index contributed by atoms with van der Waals surface area (Å²) in [5.74, 6) is 0. The van der Waals surface area contributed by atoms with Crippen LogP contribution < -0.4 is 4.89 Å². The van der Waals surface area contributed by atoms with E-state index in [-0.39, 0.29) is 0 Å². The first-order valence-corrected chi connectivity index (χ1v) is 3.95. The zero-order chi connectivity index (χ0) is 7.71. The molecule has 0 aliphatic rings. The van der Waals surface area contributed by atoms with Gasteiger partial charge in [0.05, 0.1) is 5.60 Å². The zero-order valence-electron chi connectivity index (χ0n) is 5.62. The highest BCUT2D eigenvalue weighted by Crippen LogP contribution is 2.36. The highest BCUT2D eigenvalue weighted by atomic mass is 31.2. The Morgan fingerprint density at radius 1 is 1.56 bits per heavy atom. The fourth-order valence-electron chi connectivity index (χ4n) is 0.346. The van der Waals surface area contributed by atoms with Crippen molar-refractivity contribution < 1.29 is 18.9 Å². The third kappa shape index (κ3) is 8.11. The van der Waals surface area contributed by atoms with Gasteiger partial charge in [-0.1, -0.05) is 0 Å². The molecule has 0 heterocycles. The van der Waals surface area contributed by atoms with Gasteiger partial charge in [0.25, 0.3) is 7.82 Å². The largest absolute Gasteiger partial charge is 0.756 e. The molecule has 0 aromatic heterocycles. The minimum Gasteiger partial charge on any atom is -0.756 e. The maximum Gasteiger partial charge on any atom is 0.265 e. The van der Waals surface area contributed by atoms with Gasteiger partial charge in [0.15, 0.2) is 0 Å². The molecule has 1 N–H and O–H groups in total. The standard InChI is InChI=1S/C4H11O4P/c1-4(2,3)8-9(5,6)7/h1-3H3,(H2,5,6,7)/p-1. The van der Waals surface area contributed by atoms with E-state index in [9.17, 15) is 9.46 Å². The number of hydrogen-bond acceptors (Lipinski definition) is 3. The van der Waals surface area contributed by atoms with Crippen molar-refractivity contribution in [3.63, 3.8) is 0 Å². The molecule has 0 bridgehead atoms. The first kappa shape index (κ1) is 9.11. The van der Waals surface area contributed by atoms with Crippen molar-refractivity contribution in [1.29, 1.82) is 0 Å². The van der Waals surface area contributed by atoms with Gasteiger partial charge in [-0.3, -0.25) is 4.57 Å². The van der Waals surface area contributed by atoms with Gasteiger partial charge in [0.2, 0.25) is 0 Å². The van der Waals surface area contributed by atoms with Crippen LogP contribution in [0.15, 0.2) is 0 Å². The Hall–Kier alpha value is 0.110. The predicted molar refractivity (Wildman–Crippen MR) is 30.7 cm³/mol. The first-order chi connectivity index (χ1) is 3.71. The van der Waals surface area contributed by atoms with Crippen molar-refractivity contribution in [2.24, 2.45) is 0 Å². The molecule has 0 amide bonds. The van der Waals surface area contributed by atoms with Crippen LogP contribution in [0.2, 0.25) is 0 Å². The van der Waals surface area contributed by atoms with Crippen molar-refractivity contribution in [2.75, 3.05) is 0 Å². The third-order valence-corrected chi connectivity index (χ3v) is 1.17. The summed E-state index contributed by atoms with van der Waals surface area (Å²) in [6.45, 7) is 4.61. The summed E-state index contributed by atoms with van der Waals surface area (Å²) in [7, 11) is -4.54. The maximum atomic E-state index is 10.0. The molecule has 0 aromatic carbocycles. The molecular weight excluding hydrogens is 143 g/mol. The Morgan fingerprint density at radius 3 is 1.89 bits per heavy atom. The lowest BCUT2D eigenvalue weighted by atomic mass is 10.2. The minimum atomic E-state index is -4.54. The third-order valence-electron chi connectivity index (χ3n) is 0.389. The second-order valence-corrected chi connectivity index (χ2v) is 3.79. The first-order valence-electron chi connectivity index (χ1n) is 2.45. The molecule has 0 fully saturated rings. The Balaban J connectivity index is 3.90. The fourth-order valence-corrected chi connectivity index (χ4v) is 1.04. The molecule has 0 aliphatic heterocycles. The van der Waals surface area contributed by atoms with E-state index in [1.165, 1.54) is 20.8 Å². The lowest BCUT2D eigenvalue weighted by molar-refractivity contribution is -0.228. The highest BCUT2D eigenvalue weighted by Gasteiger charge is 2.16. The van der Waals surface area contributed by atoms with Crippen molar-refractivity contribution in [3.8, 4) is 0 Å². The van der Waals surface area contributed by atoms with Gasteiger partial charge < -0.3 is 14.3 Å². The van der Waals surface area contributed by atoms with Crippen molar-refractivity contribution in [2.45, 2.75) is 26.4 Å². The highest BCUT2D eigenvalue weighted by molar-refractivity contribution is 7.44. The quantitative estimate of drug-likeness (QED) is 0.548. The molecule has 0 rings (SSSR count). The van der Waals surface area contributed by atoms with Crippen molar-refractivity contribution in [3.05, 3.63) is 0 Å². The molecule has 1 unspecified atom stereocenters. The van der Waals surface area contributed by atoms with E-state index < -0.39 is 13.4 Å². The SMILES string of the molecule is CC(C)(C)OP(=O)([O-])O. The van der Waals surface area contributed by atoms with Crippen LogP contribution in [-0.4, -0.2) is 10.5 Å². The van der Waals surface area contributed by atoms with Gasteiger partial charge >= 0.3 is 0 Å². The molecule has 0 spiro atoms. The molecule has 1 atom stereocenters. The summed E-state index contributed by atoms with van der Waals surface area (Å²) in [6, 6.07) is 0. The number of phosphoric ester groups is 1. The van der Waals surface area contributed by atoms with E-state index in [0.717, 1.165) is 0 Å². The van der Waals surface area contributed by atoms with Gasteiger partial charge in [0.1, 0.15) is 0 Å². The van der Waals surface area contributed by atoms with E-state index in [0.29, 0.717) is 0 Å². The smallest absolute Gasteiger partial charge is 0.265 e. The van der Waals surface area contributed by atoms with Gasteiger partial charge in [-0.15, -0.1) is 0 Å². The number of rotatable bonds is 1. The maximum absolute atomic E-state index is 10.0. The molecule has 0 aromatic rings.